The highest BCUT2D eigenvalue weighted by molar-refractivity contribution is 7.99. The van der Waals surface area contributed by atoms with Gasteiger partial charge in [-0.25, -0.2) is 9.36 Å². The van der Waals surface area contributed by atoms with Crippen molar-refractivity contribution in [3.63, 3.8) is 0 Å². The maximum atomic E-state index is 12.2. The lowest BCUT2D eigenvalue weighted by Crippen LogP contribution is -2.36. The van der Waals surface area contributed by atoms with Gasteiger partial charge in [0.25, 0.3) is 5.95 Å². The van der Waals surface area contributed by atoms with Crippen LogP contribution in [0.15, 0.2) is 11.2 Å². The number of piperidine rings is 1. The molecule has 0 saturated carbocycles. The van der Waals surface area contributed by atoms with Gasteiger partial charge in [-0.1, -0.05) is 11.8 Å². The molecule has 0 unspecified atom stereocenters. The van der Waals surface area contributed by atoms with Crippen LogP contribution in [0.1, 0.15) is 30.7 Å². The Morgan fingerprint density at radius 3 is 2.65 bits per heavy atom. The predicted molar refractivity (Wildman–Crippen MR) is 87.9 cm³/mol. The summed E-state index contributed by atoms with van der Waals surface area (Å²) in [5.41, 5.74) is 1.82. The van der Waals surface area contributed by atoms with Crippen LogP contribution in [-0.4, -0.2) is 54.3 Å². The fourth-order valence-electron chi connectivity index (χ4n) is 2.70. The van der Waals surface area contributed by atoms with Gasteiger partial charge in [-0.2, -0.15) is 5.10 Å². The number of hydrogen-bond donors (Lipinski definition) is 1. The topological polar surface area (TPSA) is 94.9 Å². The van der Waals surface area contributed by atoms with Crippen LogP contribution in [0.5, 0.6) is 0 Å². The van der Waals surface area contributed by atoms with E-state index in [0.29, 0.717) is 16.9 Å². The average Bonchev–Trinajstić information content (AvgIpc) is 3.07. The summed E-state index contributed by atoms with van der Waals surface area (Å²) in [4.78, 5) is 14.1. The van der Waals surface area contributed by atoms with Gasteiger partial charge in [0.15, 0.2) is 0 Å². The number of hydrogen-bond acceptors (Lipinski definition) is 6. The molecule has 1 saturated heterocycles. The number of amides is 1. The number of thioether (sulfide) groups is 1. The first-order chi connectivity index (χ1) is 11.1. The van der Waals surface area contributed by atoms with Gasteiger partial charge in [0.1, 0.15) is 0 Å². The minimum absolute atomic E-state index is 0.130. The lowest BCUT2D eigenvalue weighted by Gasteiger charge is -2.26. The van der Waals surface area contributed by atoms with Crippen molar-refractivity contribution in [2.75, 3.05) is 24.7 Å². The number of carbonyl (C=O) groups excluding carboxylic acids is 1. The highest BCUT2D eigenvalue weighted by Crippen LogP contribution is 2.19. The molecular weight excluding hydrogens is 314 g/mol. The second kappa shape index (κ2) is 6.61. The van der Waals surface area contributed by atoms with E-state index >= 15 is 0 Å². The molecule has 9 heteroatoms. The summed E-state index contributed by atoms with van der Waals surface area (Å²) in [6.07, 6.45) is 3.39. The second-order valence-corrected chi connectivity index (χ2v) is 6.66. The molecule has 0 radical (unpaired) electrons. The molecule has 124 valence electrons. The van der Waals surface area contributed by atoms with E-state index in [0.717, 1.165) is 37.3 Å². The molecule has 0 spiro atoms. The third kappa shape index (κ3) is 3.34. The van der Waals surface area contributed by atoms with Gasteiger partial charge >= 0.3 is 0 Å². The van der Waals surface area contributed by atoms with Crippen LogP contribution in [0.4, 0.5) is 0 Å². The van der Waals surface area contributed by atoms with Gasteiger partial charge in [-0.05, 0) is 39.2 Å². The predicted octanol–water partition coefficient (Wildman–Crippen LogP) is 0.899. The number of aromatic nitrogens is 5. The molecule has 1 amide bonds. The molecule has 23 heavy (non-hydrogen) atoms. The van der Waals surface area contributed by atoms with Gasteiger partial charge in [-0.3, -0.25) is 4.79 Å². The van der Waals surface area contributed by atoms with Crippen molar-refractivity contribution in [3.05, 3.63) is 17.5 Å². The van der Waals surface area contributed by atoms with Crippen LogP contribution >= 0.6 is 11.8 Å². The number of nitrogens with two attached hydrogens (primary N) is 1. The van der Waals surface area contributed by atoms with Crippen molar-refractivity contribution in [1.82, 2.24) is 29.6 Å². The average molecular weight is 335 g/mol. The largest absolute Gasteiger partial charge is 0.342 e. The van der Waals surface area contributed by atoms with Crippen molar-refractivity contribution in [2.24, 2.45) is 0 Å². The second-order valence-electron chi connectivity index (χ2n) is 5.72. The van der Waals surface area contributed by atoms with E-state index < -0.39 is 0 Å². The summed E-state index contributed by atoms with van der Waals surface area (Å²) in [6, 6.07) is 1.95. The van der Waals surface area contributed by atoms with Gasteiger partial charge in [0.05, 0.1) is 11.4 Å². The van der Waals surface area contributed by atoms with E-state index in [4.69, 9.17) is 5.84 Å². The Morgan fingerprint density at radius 1 is 1.26 bits per heavy atom. The van der Waals surface area contributed by atoms with Gasteiger partial charge in [-0.15, -0.1) is 10.2 Å². The number of likely N-dealkylation sites (tertiary alicyclic amines) is 1. The summed E-state index contributed by atoms with van der Waals surface area (Å²) in [6.45, 7) is 5.55. The quantitative estimate of drug-likeness (QED) is 0.659. The standard InChI is InChI=1S/C14H21N7OS/c1-10-8-11(2)21(18-10)13-16-17-14(20(13)15)23-9-12(22)19-6-4-3-5-7-19/h8H,3-7,9,15H2,1-2H3. The first-order valence-electron chi connectivity index (χ1n) is 7.71. The van der Waals surface area contributed by atoms with Gasteiger partial charge in [0, 0.05) is 18.8 Å². The van der Waals surface area contributed by atoms with Crippen LogP contribution in [0.2, 0.25) is 0 Å². The van der Waals surface area contributed by atoms with E-state index in [1.54, 1.807) is 4.68 Å². The van der Waals surface area contributed by atoms with Crippen molar-refractivity contribution in [1.29, 1.82) is 0 Å². The number of nitrogens with zero attached hydrogens (tertiary/aromatic N) is 6. The number of aryl methyl sites for hydroxylation is 2. The molecule has 3 rings (SSSR count). The number of rotatable bonds is 4. The maximum absolute atomic E-state index is 12.2. The molecule has 0 atom stereocenters. The molecule has 0 aliphatic carbocycles. The Kier molecular flexibility index (Phi) is 4.56. The van der Waals surface area contributed by atoms with Crippen molar-refractivity contribution >= 4 is 17.7 Å². The normalized spacial score (nSPS) is 15.1. The van der Waals surface area contributed by atoms with E-state index in [-0.39, 0.29) is 5.91 Å². The minimum Gasteiger partial charge on any atom is -0.342 e. The lowest BCUT2D eigenvalue weighted by atomic mass is 10.1. The first-order valence-corrected chi connectivity index (χ1v) is 8.69. The molecule has 1 aliphatic heterocycles. The van der Waals surface area contributed by atoms with E-state index in [1.165, 1.54) is 22.9 Å². The van der Waals surface area contributed by atoms with Crippen LogP contribution < -0.4 is 5.84 Å². The van der Waals surface area contributed by atoms with Crippen molar-refractivity contribution in [3.8, 4) is 5.95 Å². The Bertz CT molecular complexity index is 702. The Balaban J connectivity index is 1.67. The molecule has 1 aliphatic rings. The summed E-state index contributed by atoms with van der Waals surface area (Å²) >= 11 is 1.31. The molecule has 2 N–H and O–H groups in total. The fraction of sp³-hybridized carbons (Fsp3) is 0.571. The minimum atomic E-state index is 0.130. The van der Waals surface area contributed by atoms with Crippen molar-refractivity contribution < 1.29 is 4.79 Å². The number of carbonyl (C=O) groups is 1. The Morgan fingerprint density at radius 2 is 2.00 bits per heavy atom. The zero-order chi connectivity index (χ0) is 16.4. The molecule has 0 bridgehead atoms. The molecule has 1 fully saturated rings. The van der Waals surface area contributed by atoms with Crippen LogP contribution in [-0.2, 0) is 4.79 Å². The monoisotopic (exact) mass is 335 g/mol. The smallest absolute Gasteiger partial charge is 0.271 e. The molecule has 2 aromatic heterocycles. The third-order valence-corrected chi connectivity index (χ3v) is 4.81. The zero-order valence-corrected chi connectivity index (χ0v) is 14.2. The third-order valence-electron chi connectivity index (χ3n) is 3.88. The molecule has 2 aromatic rings. The summed E-state index contributed by atoms with van der Waals surface area (Å²) in [5, 5.41) is 13.0. The van der Waals surface area contributed by atoms with E-state index in [9.17, 15) is 4.79 Å². The van der Waals surface area contributed by atoms with Crippen LogP contribution in [0.25, 0.3) is 5.95 Å². The van der Waals surface area contributed by atoms with Crippen molar-refractivity contribution in [2.45, 2.75) is 38.3 Å². The fourth-order valence-corrected chi connectivity index (χ4v) is 3.46. The number of nitrogen functional groups attached to an aromatic ring is 1. The SMILES string of the molecule is Cc1cc(C)n(-c2nnc(SCC(=O)N3CCCCC3)n2N)n1. The zero-order valence-electron chi connectivity index (χ0n) is 13.4. The lowest BCUT2D eigenvalue weighted by molar-refractivity contribution is -0.129. The van der Waals surface area contributed by atoms with Gasteiger partial charge in [0.2, 0.25) is 11.1 Å². The summed E-state index contributed by atoms with van der Waals surface area (Å²) in [5.74, 6) is 6.97. The Labute approximate surface area is 139 Å². The summed E-state index contributed by atoms with van der Waals surface area (Å²) < 4.78 is 3.03. The first kappa shape index (κ1) is 15.9. The maximum Gasteiger partial charge on any atom is 0.271 e. The summed E-state index contributed by atoms with van der Waals surface area (Å²) in [7, 11) is 0. The molecule has 8 nitrogen and oxygen atoms in total. The van der Waals surface area contributed by atoms with Gasteiger partial charge < -0.3 is 10.7 Å². The van der Waals surface area contributed by atoms with E-state index in [1.807, 2.05) is 24.8 Å². The van der Waals surface area contributed by atoms with Crippen LogP contribution in [0, 0.1) is 13.8 Å². The molecule has 0 aromatic carbocycles. The highest BCUT2D eigenvalue weighted by atomic mass is 32.2. The van der Waals surface area contributed by atoms with Crippen LogP contribution in [0.3, 0.4) is 0 Å². The van der Waals surface area contributed by atoms with E-state index in [2.05, 4.69) is 15.3 Å². The molecule has 3 heterocycles. The molecular formula is C14H21N7OS. The highest BCUT2D eigenvalue weighted by Gasteiger charge is 2.19. The Hall–Kier alpha value is -2.03.